The molecule has 1 aliphatic rings. The normalized spacial score (nSPS) is 21.5. The maximum absolute atomic E-state index is 5.58. The zero-order valence-corrected chi connectivity index (χ0v) is 9.90. The smallest absolute Gasteiger partial charge is 0.0721 e. The van der Waals surface area contributed by atoms with Crippen LogP contribution in [0.1, 0.15) is 24.1 Å². The Morgan fingerprint density at radius 2 is 2.31 bits per heavy atom. The van der Waals surface area contributed by atoms with Crippen LogP contribution < -0.4 is 5.32 Å². The van der Waals surface area contributed by atoms with Gasteiger partial charge in [0.1, 0.15) is 0 Å². The molecule has 0 amide bonds. The van der Waals surface area contributed by atoms with Gasteiger partial charge in [0.2, 0.25) is 0 Å². The molecule has 88 valence electrons. The number of nitrogens with one attached hydrogen (secondary N) is 1. The van der Waals surface area contributed by atoms with Gasteiger partial charge in [-0.25, -0.2) is 0 Å². The van der Waals surface area contributed by atoms with E-state index in [0.29, 0.717) is 6.04 Å². The van der Waals surface area contributed by atoms with E-state index in [1.165, 1.54) is 11.1 Å². The summed E-state index contributed by atoms with van der Waals surface area (Å²) >= 11 is 0. The van der Waals surface area contributed by atoms with Crippen LogP contribution in [0.5, 0.6) is 0 Å². The molecule has 1 aromatic carbocycles. The highest BCUT2D eigenvalue weighted by atomic mass is 16.5. The highest BCUT2D eigenvalue weighted by Crippen LogP contribution is 2.24. The van der Waals surface area contributed by atoms with Gasteiger partial charge in [0.05, 0.1) is 25.9 Å². The molecule has 3 nitrogen and oxygen atoms in total. The van der Waals surface area contributed by atoms with Crippen LogP contribution in [0.2, 0.25) is 0 Å². The molecule has 1 aliphatic heterocycles. The number of rotatable bonds is 4. The Kier molecular flexibility index (Phi) is 3.93. The summed E-state index contributed by atoms with van der Waals surface area (Å²) in [5.74, 6) is 0. The molecule has 16 heavy (non-hydrogen) atoms. The minimum absolute atomic E-state index is 0.287. The Labute approximate surface area is 96.8 Å². The van der Waals surface area contributed by atoms with Crippen molar-refractivity contribution in [1.29, 1.82) is 0 Å². The number of hydrogen-bond acceptors (Lipinski definition) is 3. The van der Waals surface area contributed by atoms with E-state index in [0.717, 1.165) is 19.8 Å². The molecule has 2 unspecified atom stereocenters. The summed E-state index contributed by atoms with van der Waals surface area (Å²) in [6, 6.07) is 9.07. The standard InChI is InChI=1S/C13H19NO2/c1-10(7-15-2)14-13-9-16-8-11-5-3-4-6-12(11)13/h3-6,10,13-14H,7-9H2,1-2H3. The zero-order chi connectivity index (χ0) is 11.4. The SMILES string of the molecule is COCC(C)NC1COCc2ccccc21. The Morgan fingerprint density at radius 3 is 3.12 bits per heavy atom. The van der Waals surface area contributed by atoms with Gasteiger partial charge in [0, 0.05) is 13.2 Å². The molecule has 3 heteroatoms. The molecule has 2 atom stereocenters. The van der Waals surface area contributed by atoms with Crippen molar-refractivity contribution in [3.8, 4) is 0 Å². The van der Waals surface area contributed by atoms with Gasteiger partial charge >= 0.3 is 0 Å². The molecule has 2 rings (SSSR count). The van der Waals surface area contributed by atoms with Gasteiger partial charge in [-0.3, -0.25) is 0 Å². The van der Waals surface area contributed by atoms with Crippen molar-refractivity contribution in [2.24, 2.45) is 0 Å². The van der Waals surface area contributed by atoms with Gasteiger partial charge in [-0.15, -0.1) is 0 Å². The Balaban J connectivity index is 2.07. The fraction of sp³-hybridized carbons (Fsp3) is 0.538. The lowest BCUT2D eigenvalue weighted by molar-refractivity contribution is 0.0727. The molecule has 0 fully saturated rings. The fourth-order valence-electron chi connectivity index (χ4n) is 2.16. The molecule has 0 saturated carbocycles. The molecule has 1 heterocycles. The second-order valence-corrected chi connectivity index (χ2v) is 4.29. The summed E-state index contributed by atoms with van der Waals surface area (Å²) in [7, 11) is 1.73. The van der Waals surface area contributed by atoms with Gasteiger partial charge in [0.25, 0.3) is 0 Å². The largest absolute Gasteiger partial charge is 0.383 e. The lowest BCUT2D eigenvalue weighted by Crippen LogP contribution is -2.38. The van der Waals surface area contributed by atoms with E-state index in [1.54, 1.807) is 7.11 Å². The summed E-state index contributed by atoms with van der Waals surface area (Å²) in [5, 5.41) is 3.53. The van der Waals surface area contributed by atoms with Gasteiger partial charge in [-0.05, 0) is 18.1 Å². The van der Waals surface area contributed by atoms with E-state index in [1.807, 2.05) is 0 Å². The number of methoxy groups -OCH3 is 1. The van der Waals surface area contributed by atoms with Crippen LogP contribution in [0.4, 0.5) is 0 Å². The third kappa shape index (κ3) is 2.61. The van der Waals surface area contributed by atoms with Gasteiger partial charge in [-0.2, -0.15) is 0 Å². The molecule has 0 bridgehead atoms. The molecule has 0 aromatic heterocycles. The molecule has 0 radical (unpaired) electrons. The van der Waals surface area contributed by atoms with Crippen molar-refractivity contribution in [3.05, 3.63) is 35.4 Å². The molecule has 1 aromatic rings. The van der Waals surface area contributed by atoms with Crippen molar-refractivity contribution in [1.82, 2.24) is 5.32 Å². The van der Waals surface area contributed by atoms with Gasteiger partial charge < -0.3 is 14.8 Å². The second kappa shape index (κ2) is 5.43. The Hall–Kier alpha value is -0.900. The van der Waals surface area contributed by atoms with E-state index >= 15 is 0 Å². The first-order chi connectivity index (χ1) is 7.81. The Bertz CT molecular complexity index is 340. The number of ether oxygens (including phenoxy) is 2. The minimum Gasteiger partial charge on any atom is -0.383 e. The number of hydrogen-bond donors (Lipinski definition) is 1. The predicted octanol–water partition coefficient (Wildman–Crippen LogP) is 1.88. The summed E-state index contributed by atoms with van der Waals surface area (Å²) < 4.78 is 10.7. The van der Waals surface area contributed by atoms with Crippen molar-refractivity contribution < 1.29 is 9.47 Å². The molecule has 1 N–H and O–H groups in total. The molecule has 0 spiro atoms. The maximum atomic E-state index is 5.58. The number of benzene rings is 1. The highest BCUT2D eigenvalue weighted by molar-refractivity contribution is 5.31. The van der Waals surface area contributed by atoms with E-state index in [9.17, 15) is 0 Å². The summed E-state index contributed by atoms with van der Waals surface area (Å²) in [4.78, 5) is 0. The Morgan fingerprint density at radius 1 is 1.50 bits per heavy atom. The fourth-order valence-corrected chi connectivity index (χ4v) is 2.16. The zero-order valence-electron chi connectivity index (χ0n) is 9.90. The topological polar surface area (TPSA) is 30.5 Å². The minimum atomic E-state index is 0.287. The monoisotopic (exact) mass is 221 g/mol. The predicted molar refractivity (Wildman–Crippen MR) is 63.3 cm³/mol. The maximum Gasteiger partial charge on any atom is 0.0721 e. The van der Waals surface area contributed by atoms with Crippen LogP contribution in [0.25, 0.3) is 0 Å². The van der Waals surface area contributed by atoms with Crippen molar-refractivity contribution in [2.45, 2.75) is 25.6 Å². The quantitative estimate of drug-likeness (QED) is 0.842. The molecular formula is C13H19NO2. The van der Waals surface area contributed by atoms with Crippen molar-refractivity contribution >= 4 is 0 Å². The first-order valence-electron chi connectivity index (χ1n) is 5.72. The molecular weight excluding hydrogens is 202 g/mol. The summed E-state index contributed by atoms with van der Waals surface area (Å²) in [5.41, 5.74) is 2.65. The lowest BCUT2D eigenvalue weighted by Gasteiger charge is -2.29. The first kappa shape index (κ1) is 11.6. The van der Waals surface area contributed by atoms with Crippen LogP contribution >= 0.6 is 0 Å². The van der Waals surface area contributed by atoms with E-state index in [2.05, 4.69) is 36.5 Å². The number of fused-ring (bicyclic) bond motifs is 1. The first-order valence-corrected chi connectivity index (χ1v) is 5.72. The van der Waals surface area contributed by atoms with E-state index in [4.69, 9.17) is 9.47 Å². The van der Waals surface area contributed by atoms with Crippen LogP contribution in [-0.2, 0) is 16.1 Å². The van der Waals surface area contributed by atoms with Crippen LogP contribution in [-0.4, -0.2) is 26.4 Å². The van der Waals surface area contributed by atoms with Crippen LogP contribution in [0.15, 0.2) is 24.3 Å². The third-order valence-electron chi connectivity index (χ3n) is 2.87. The summed E-state index contributed by atoms with van der Waals surface area (Å²) in [6.45, 7) is 4.32. The average molecular weight is 221 g/mol. The third-order valence-corrected chi connectivity index (χ3v) is 2.87. The highest BCUT2D eigenvalue weighted by Gasteiger charge is 2.21. The van der Waals surface area contributed by atoms with Crippen molar-refractivity contribution in [2.75, 3.05) is 20.3 Å². The summed E-state index contributed by atoms with van der Waals surface area (Å²) in [6.07, 6.45) is 0. The van der Waals surface area contributed by atoms with Crippen molar-refractivity contribution in [3.63, 3.8) is 0 Å². The van der Waals surface area contributed by atoms with Gasteiger partial charge in [-0.1, -0.05) is 24.3 Å². The van der Waals surface area contributed by atoms with Gasteiger partial charge in [0.15, 0.2) is 0 Å². The van der Waals surface area contributed by atoms with E-state index in [-0.39, 0.29) is 6.04 Å². The molecule has 0 saturated heterocycles. The van der Waals surface area contributed by atoms with Crippen LogP contribution in [0.3, 0.4) is 0 Å². The van der Waals surface area contributed by atoms with E-state index < -0.39 is 0 Å². The average Bonchev–Trinajstić information content (AvgIpc) is 2.30. The van der Waals surface area contributed by atoms with Crippen LogP contribution in [0, 0.1) is 0 Å². The lowest BCUT2D eigenvalue weighted by atomic mass is 9.98. The second-order valence-electron chi connectivity index (χ2n) is 4.29. The molecule has 0 aliphatic carbocycles.